The van der Waals surface area contributed by atoms with Crippen LogP contribution in [0.25, 0.3) is 0 Å². The molecule has 0 aliphatic carbocycles. The van der Waals surface area contributed by atoms with Crippen LogP contribution < -0.4 is 10.6 Å². The average molecular weight is 235 g/mol. The van der Waals surface area contributed by atoms with E-state index in [-0.39, 0.29) is 11.8 Å². The third kappa shape index (κ3) is 8.24. The number of nitrogens with one attached hydrogen (secondary N) is 2. The van der Waals surface area contributed by atoms with Crippen LogP contribution in [0.15, 0.2) is 0 Å². The Balaban J connectivity index is 3.51. The van der Waals surface area contributed by atoms with Gasteiger partial charge >= 0.3 is 0 Å². The zero-order valence-corrected chi connectivity index (χ0v) is 10.2. The van der Waals surface area contributed by atoms with E-state index in [1.807, 2.05) is 13.8 Å². The fourth-order valence-electron chi connectivity index (χ4n) is 0.846. The van der Waals surface area contributed by atoms with Crippen molar-refractivity contribution in [3.8, 4) is 0 Å². The molecular formula is C10H19ClN2O2. The second-order valence-electron chi connectivity index (χ2n) is 3.85. The van der Waals surface area contributed by atoms with Gasteiger partial charge < -0.3 is 10.6 Å². The monoisotopic (exact) mass is 234 g/mol. The van der Waals surface area contributed by atoms with Crippen LogP contribution in [-0.2, 0) is 9.59 Å². The molecule has 4 nitrogen and oxygen atoms in total. The number of rotatable bonds is 6. The Morgan fingerprint density at radius 2 is 1.80 bits per heavy atom. The lowest BCUT2D eigenvalue weighted by molar-refractivity contribution is -0.122. The van der Waals surface area contributed by atoms with Crippen LogP contribution in [-0.4, -0.2) is 30.3 Å². The molecule has 0 aliphatic rings. The quantitative estimate of drug-likeness (QED) is 0.671. The molecule has 0 aromatic heterocycles. The molecule has 0 aromatic rings. The highest BCUT2D eigenvalue weighted by molar-refractivity contribution is 6.30. The molecule has 0 heterocycles. The lowest BCUT2D eigenvalue weighted by atomic mass is 10.2. The largest absolute Gasteiger partial charge is 0.356 e. The van der Waals surface area contributed by atoms with Gasteiger partial charge in [-0.25, -0.2) is 0 Å². The van der Waals surface area contributed by atoms with E-state index >= 15 is 0 Å². The van der Waals surface area contributed by atoms with Crippen LogP contribution in [0.4, 0.5) is 0 Å². The van der Waals surface area contributed by atoms with Gasteiger partial charge in [-0.3, -0.25) is 9.59 Å². The van der Waals surface area contributed by atoms with Crippen molar-refractivity contribution in [1.82, 2.24) is 10.6 Å². The van der Waals surface area contributed by atoms with Crippen molar-refractivity contribution >= 4 is 23.4 Å². The van der Waals surface area contributed by atoms with Crippen LogP contribution in [0, 0.1) is 5.92 Å². The number of carbonyl (C=O) groups excluding carboxylic acids is 2. The minimum absolute atomic E-state index is 0.0498. The van der Waals surface area contributed by atoms with E-state index in [0.717, 1.165) is 0 Å². The maximum Gasteiger partial charge on any atom is 0.237 e. The van der Waals surface area contributed by atoms with E-state index in [9.17, 15) is 9.59 Å². The van der Waals surface area contributed by atoms with Crippen molar-refractivity contribution in [2.24, 2.45) is 5.92 Å². The predicted molar refractivity (Wildman–Crippen MR) is 60.8 cm³/mol. The zero-order valence-electron chi connectivity index (χ0n) is 9.47. The van der Waals surface area contributed by atoms with E-state index in [1.54, 1.807) is 6.92 Å². The Labute approximate surface area is 95.7 Å². The standard InChI is InChI=1S/C10H19ClN2O2/c1-7(2)6-13-9(14)4-5-12-10(15)8(3)11/h7-8H,4-6H2,1-3H3,(H,12,15)(H,13,14). The van der Waals surface area contributed by atoms with Crippen LogP contribution >= 0.6 is 11.6 Å². The Morgan fingerprint density at radius 3 is 2.27 bits per heavy atom. The molecule has 1 unspecified atom stereocenters. The van der Waals surface area contributed by atoms with E-state index in [0.29, 0.717) is 25.4 Å². The molecule has 0 aromatic carbocycles. The number of hydrogen-bond donors (Lipinski definition) is 2. The fraction of sp³-hybridized carbons (Fsp3) is 0.800. The lowest BCUT2D eigenvalue weighted by Crippen LogP contribution is -2.34. The summed E-state index contributed by atoms with van der Waals surface area (Å²) in [6.45, 7) is 6.64. The summed E-state index contributed by atoms with van der Waals surface area (Å²) in [5.41, 5.74) is 0. The van der Waals surface area contributed by atoms with Gasteiger partial charge in [-0.05, 0) is 12.8 Å². The molecule has 88 valence electrons. The minimum Gasteiger partial charge on any atom is -0.356 e. The van der Waals surface area contributed by atoms with Gasteiger partial charge in [0.05, 0.1) is 0 Å². The van der Waals surface area contributed by atoms with Gasteiger partial charge in [-0.15, -0.1) is 11.6 Å². The SMILES string of the molecule is CC(C)CNC(=O)CCNC(=O)C(C)Cl. The van der Waals surface area contributed by atoms with Crippen molar-refractivity contribution in [3.05, 3.63) is 0 Å². The summed E-state index contributed by atoms with van der Waals surface area (Å²) >= 11 is 5.53. The summed E-state index contributed by atoms with van der Waals surface area (Å²) in [7, 11) is 0. The zero-order chi connectivity index (χ0) is 11.8. The van der Waals surface area contributed by atoms with E-state index < -0.39 is 5.38 Å². The van der Waals surface area contributed by atoms with Crippen LogP contribution in [0.3, 0.4) is 0 Å². The van der Waals surface area contributed by atoms with Crippen LogP contribution in [0.2, 0.25) is 0 Å². The van der Waals surface area contributed by atoms with Crippen LogP contribution in [0.5, 0.6) is 0 Å². The first-order valence-electron chi connectivity index (χ1n) is 5.12. The summed E-state index contributed by atoms with van der Waals surface area (Å²) in [5.74, 6) is 0.144. The van der Waals surface area contributed by atoms with Crippen molar-refractivity contribution < 1.29 is 9.59 Å². The molecular weight excluding hydrogens is 216 g/mol. The summed E-state index contributed by atoms with van der Waals surface area (Å²) in [5, 5.41) is 4.78. The highest BCUT2D eigenvalue weighted by Crippen LogP contribution is 1.92. The molecule has 2 N–H and O–H groups in total. The Hall–Kier alpha value is -0.770. The summed E-state index contributed by atoms with van der Waals surface area (Å²) in [6.07, 6.45) is 0.294. The summed E-state index contributed by atoms with van der Waals surface area (Å²) < 4.78 is 0. The van der Waals surface area contributed by atoms with E-state index in [4.69, 9.17) is 11.6 Å². The van der Waals surface area contributed by atoms with Gasteiger partial charge in [0.1, 0.15) is 5.38 Å². The second kappa shape index (κ2) is 7.51. The third-order valence-corrected chi connectivity index (χ3v) is 1.92. The van der Waals surface area contributed by atoms with Crippen molar-refractivity contribution in [2.75, 3.05) is 13.1 Å². The van der Waals surface area contributed by atoms with Gasteiger partial charge in [0.2, 0.25) is 11.8 Å². The second-order valence-corrected chi connectivity index (χ2v) is 4.51. The predicted octanol–water partition coefficient (Wildman–Crippen LogP) is 0.892. The number of alkyl halides is 1. The van der Waals surface area contributed by atoms with Crippen molar-refractivity contribution in [2.45, 2.75) is 32.6 Å². The smallest absolute Gasteiger partial charge is 0.237 e. The number of amides is 2. The molecule has 0 radical (unpaired) electrons. The molecule has 0 saturated heterocycles. The van der Waals surface area contributed by atoms with E-state index in [1.165, 1.54) is 0 Å². The topological polar surface area (TPSA) is 58.2 Å². The summed E-state index contributed by atoms with van der Waals surface area (Å²) in [4.78, 5) is 22.2. The maximum atomic E-state index is 11.2. The first kappa shape index (κ1) is 14.2. The number of carbonyl (C=O) groups is 2. The first-order chi connectivity index (χ1) is 6.93. The summed E-state index contributed by atoms with van der Waals surface area (Å²) in [6, 6.07) is 0. The first-order valence-corrected chi connectivity index (χ1v) is 5.55. The maximum absolute atomic E-state index is 11.2. The number of halogens is 1. The molecule has 0 rings (SSSR count). The van der Waals surface area contributed by atoms with Crippen molar-refractivity contribution in [1.29, 1.82) is 0 Å². The highest BCUT2D eigenvalue weighted by Gasteiger charge is 2.08. The van der Waals surface area contributed by atoms with Crippen molar-refractivity contribution in [3.63, 3.8) is 0 Å². The fourth-order valence-corrected chi connectivity index (χ4v) is 0.923. The van der Waals surface area contributed by atoms with Gasteiger partial charge in [0.15, 0.2) is 0 Å². The normalized spacial score (nSPS) is 12.3. The molecule has 5 heteroatoms. The molecule has 1 atom stereocenters. The van der Waals surface area contributed by atoms with Gasteiger partial charge in [-0.2, -0.15) is 0 Å². The minimum atomic E-state index is -0.552. The Bertz CT molecular complexity index is 217. The van der Waals surface area contributed by atoms with Crippen LogP contribution in [0.1, 0.15) is 27.2 Å². The van der Waals surface area contributed by atoms with Gasteiger partial charge in [-0.1, -0.05) is 13.8 Å². The molecule has 0 aliphatic heterocycles. The van der Waals surface area contributed by atoms with Gasteiger partial charge in [0, 0.05) is 19.5 Å². The molecule has 15 heavy (non-hydrogen) atoms. The highest BCUT2D eigenvalue weighted by atomic mass is 35.5. The Morgan fingerprint density at radius 1 is 1.20 bits per heavy atom. The molecule has 0 fully saturated rings. The molecule has 0 saturated carbocycles. The average Bonchev–Trinajstić information content (AvgIpc) is 2.14. The number of hydrogen-bond acceptors (Lipinski definition) is 2. The van der Waals surface area contributed by atoms with E-state index in [2.05, 4.69) is 10.6 Å². The molecule has 0 spiro atoms. The molecule has 2 amide bonds. The molecule has 0 bridgehead atoms. The Kier molecular flexibility index (Phi) is 7.13. The third-order valence-electron chi connectivity index (χ3n) is 1.72. The lowest BCUT2D eigenvalue weighted by Gasteiger charge is -2.08. The van der Waals surface area contributed by atoms with Gasteiger partial charge in [0.25, 0.3) is 0 Å².